The maximum atomic E-state index is 12.9. The summed E-state index contributed by atoms with van der Waals surface area (Å²) < 4.78 is 2.04. The summed E-state index contributed by atoms with van der Waals surface area (Å²) in [5.41, 5.74) is 0.221. The predicted molar refractivity (Wildman–Crippen MR) is 88.9 cm³/mol. The fourth-order valence-corrected chi connectivity index (χ4v) is 3.91. The second-order valence-corrected chi connectivity index (χ2v) is 7.04. The number of hydrogen-bond acceptors (Lipinski definition) is 2. The average molecular weight is 317 g/mol. The molecule has 1 atom stereocenters. The quantitative estimate of drug-likeness (QED) is 0.927. The fraction of sp³-hybridized carbons (Fsp3) is 0.667. The van der Waals surface area contributed by atoms with E-state index in [4.69, 9.17) is 0 Å². The maximum Gasteiger partial charge on any atom is 0.245 e. The Balaban J connectivity index is 1.62. The molecule has 3 rings (SSSR count). The number of likely N-dealkylation sites (tertiary alicyclic amines) is 1. The summed E-state index contributed by atoms with van der Waals surface area (Å²) in [6.07, 6.45) is 9.46. The summed E-state index contributed by atoms with van der Waals surface area (Å²) in [6, 6.07) is 3.88. The van der Waals surface area contributed by atoms with Crippen LogP contribution in [0.3, 0.4) is 0 Å². The molecule has 1 aromatic heterocycles. The van der Waals surface area contributed by atoms with E-state index in [9.17, 15) is 9.59 Å². The van der Waals surface area contributed by atoms with Gasteiger partial charge in [-0.15, -0.1) is 0 Å². The van der Waals surface area contributed by atoms with Gasteiger partial charge in [0, 0.05) is 38.4 Å². The molecular weight excluding hydrogens is 290 g/mol. The molecule has 23 heavy (non-hydrogen) atoms. The molecule has 0 saturated carbocycles. The average Bonchev–Trinajstić information content (AvgIpc) is 3.10. The van der Waals surface area contributed by atoms with Gasteiger partial charge in [0.25, 0.3) is 0 Å². The standard InChI is InChI=1S/C18H27N3O2/c1-2-5-15(20-10-3-4-11-20)17(23)21-12-8-18(9-13-21)7-6-16(22)19-14-18/h3-4,10-11,15H,2,5-9,12-14H2,1H3,(H,19,22). The van der Waals surface area contributed by atoms with E-state index in [1.165, 1.54) is 0 Å². The molecular formula is C18H27N3O2. The van der Waals surface area contributed by atoms with Crippen molar-refractivity contribution in [2.24, 2.45) is 5.41 Å². The molecule has 1 N–H and O–H groups in total. The predicted octanol–water partition coefficient (Wildman–Crippen LogP) is 2.35. The summed E-state index contributed by atoms with van der Waals surface area (Å²) in [5, 5.41) is 3.01. The zero-order valence-corrected chi connectivity index (χ0v) is 14.0. The number of hydrogen-bond donors (Lipinski definition) is 1. The summed E-state index contributed by atoms with van der Waals surface area (Å²) in [6.45, 7) is 4.54. The zero-order valence-electron chi connectivity index (χ0n) is 14.0. The van der Waals surface area contributed by atoms with Crippen LogP contribution >= 0.6 is 0 Å². The molecule has 0 aliphatic carbocycles. The third-order valence-corrected chi connectivity index (χ3v) is 5.51. The highest BCUT2D eigenvalue weighted by Gasteiger charge is 2.39. The molecule has 5 heteroatoms. The lowest BCUT2D eigenvalue weighted by atomic mass is 9.73. The Bertz CT molecular complexity index is 533. The lowest BCUT2D eigenvalue weighted by Gasteiger charge is -2.44. The minimum atomic E-state index is -0.0740. The van der Waals surface area contributed by atoms with Gasteiger partial charge in [0.1, 0.15) is 6.04 Å². The van der Waals surface area contributed by atoms with Gasteiger partial charge in [-0.1, -0.05) is 13.3 Å². The lowest BCUT2D eigenvalue weighted by molar-refractivity contribution is -0.138. The number of nitrogens with zero attached hydrogens (tertiary/aromatic N) is 2. The van der Waals surface area contributed by atoms with Gasteiger partial charge in [0.2, 0.25) is 11.8 Å². The normalized spacial score (nSPS) is 22.0. The molecule has 0 radical (unpaired) electrons. The third-order valence-electron chi connectivity index (χ3n) is 5.51. The van der Waals surface area contributed by atoms with E-state index >= 15 is 0 Å². The largest absolute Gasteiger partial charge is 0.356 e. The van der Waals surface area contributed by atoms with Gasteiger partial charge in [-0.3, -0.25) is 9.59 Å². The summed E-state index contributed by atoms with van der Waals surface area (Å²) in [5.74, 6) is 0.419. The molecule has 3 heterocycles. The number of rotatable bonds is 4. The first-order valence-corrected chi connectivity index (χ1v) is 8.81. The summed E-state index contributed by atoms with van der Waals surface area (Å²) in [7, 11) is 0. The van der Waals surface area contributed by atoms with Crippen molar-refractivity contribution in [1.82, 2.24) is 14.8 Å². The van der Waals surface area contributed by atoms with Crippen LogP contribution in [-0.2, 0) is 9.59 Å². The molecule has 2 saturated heterocycles. The first-order chi connectivity index (χ1) is 11.1. The maximum absolute atomic E-state index is 12.9. The van der Waals surface area contributed by atoms with Gasteiger partial charge in [0.15, 0.2) is 0 Å². The van der Waals surface area contributed by atoms with Crippen molar-refractivity contribution >= 4 is 11.8 Å². The van der Waals surface area contributed by atoms with E-state index < -0.39 is 0 Å². The third kappa shape index (κ3) is 3.43. The number of amides is 2. The second-order valence-electron chi connectivity index (χ2n) is 7.04. The van der Waals surface area contributed by atoms with Gasteiger partial charge in [0.05, 0.1) is 0 Å². The second kappa shape index (κ2) is 6.77. The van der Waals surface area contributed by atoms with E-state index in [-0.39, 0.29) is 23.3 Å². The summed E-state index contributed by atoms with van der Waals surface area (Å²) in [4.78, 5) is 26.4. The minimum absolute atomic E-state index is 0.0740. The van der Waals surface area contributed by atoms with Crippen LogP contribution in [0.5, 0.6) is 0 Å². The van der Waals surface area contributed by atoms with Crippen LogP contribution in [0.2, 0.25) is 0 Å². The van der Waals surface area contributed by atoms with Gasteiger partial charge >= 0.3 is 0 Å². The van der Waals surface area contributed by atoms with Gasteiger partial charge in [-0.2, -0.15) is 0 Å². The topological polar surface area (TPSA) is 54.3 Å². The molecule has 2 aliphatic rings. The minimum Gasteiger partial charge on any atom is -0.356 e. The van der Waals surface area contributed by atoms with E-state index in [0.717, 1.165) is 51.7 Å². The van der Waals surface area contributed by atoms with E-state index in [1.807, 2.05) is 34.0 Å². The lowest BCUT2D eigenvalue weighted by Crippen LogP contribution is -2.51. The molecule has 2 amide bonds. The van der Waals surface area contributed by atoms with E-state index in [2.05, 4.69) is 12.2 Å². The van der Waals surface area contributed by atoms with Crippen molar-refractivity contribution in [2.75, 3.05) is 19.6 Å². The smallest absolute Gasteiger partial charge is 0.245 e. The zero-order chi connectivity index (χ0) is 16.3. The Hall–Kier alpha value is -1.78. The highest BCUT2D eigenvalue weighted by molar-refractivity contribution is 5.80. The number of carbonyl (C=O) groups is 2. The molecule has 0 aromatic carbocycles. The number of aromatic nitrogens is 1. The Kier molecular flexibility index (Phi) is 4.74. The van der Waals surface area contributed by atoms with Crippen LogP contribution < -0.4 is 5.32 Å². The van der Waals surface area contributed by atoms with Crippen molar-refractivity contribution < 1.29 is 9.59 Å². The van der Waals surface area contributed by atoms with E-state index in [0.29, 0.717) is 6.42 Å². The van der Waals surface area contributed by atoms with Gasteiger partial charge in [-0.25, -0.2) is 0 Å². The molecule has 2 fully saturated rings. The first kappa shape index (κ1) is 16.1. The van der Waals surface area contributed by atoms with Gasteiger partial charge in [-0.05, 0) is 43.2 Å². The number of carbonyl (C=O) groups excluding carboxylic acids is 2. The fourth-order valence-electron chi connectivity index (χ4n) is 3.91. The highest BCUT2D eigenvalue weighted by Crippen LogP contribution is 2.38. The van der Waals surface area contributed by atoms with E-state index in [1.54, 1.807) is 0 Å². The van der Waals surface area contributed by atoms with Crippen LogP contribution in [0.4, 0.5) is 0 Å². The Morgan fingerprint density at radius 1 is 1.26 bits per heavy atom. The van der Waals surface area contributed by atoms with Gasteiger partial charge < -0.3 is 14.8 Å². The molecule has 126 valence electrons. The van der Waals surface area contributed by atoms with Crippen molar-refractivity contribution in [1.29, 1.82) is 0 Å². The van der Waals surface area contributed by atoms with Crippen LogP contribution in [0.25, 0.3) is 0 Å². The monoisotopic (exact) mass is 317 g/mol. The highest BCUT2D eigenvalue weighted by atomic mass is 16.2. The molecule has 1 aromatic rings. The van der Waals surface area contributed by atoms with Crippen LogP contribution in [0, 0.1) is 5.41 Å². The van der Waals surface area contributed by atoms with Crippen LogP contribution in [-0.4, -0.2) is 40.9 Å². The Morgan fingerprint density at radius 3 is 2.52 bits per heavy atom. The molecule has 2 aliphatic heterocycles. The molecule has 5 nitrogen and oxygen atoms in total. The van der Waals surface area contributed by atoms with Crippen LogP contribution in [0.15, 0.2) is 24.5 Å². The Morgan fingerprint density at radius 2 is 1.96 bits per heavy atom. The molecule has 0 bridgehead atoms. The molecule has 1 unspecified atom stereocenters. The number of nitrogens with one attached hydrogen (secondary N) is 1. The Labute approximate surface area is 138 Å². The molecule has 1 spiro atoms. The van der Waals surface area contributed by atoms with Crippen molar-refractivity contribution in [3.8, 4) is 0 Å². The van der Waals surface area contributed by atoms with Crippen molar-refractivity contribution in [3.05, 3.63) is 24.5 Å². The number of piperidine rings is 2. The van der Waals surface area contributed by atoms with Crippen LogP contribution in [0.1, 0.15) is 51.5 Å². The van der Waals surface area contributed by atoms with Crippen molar-refractivity contribution in [2.45, 2.75) is 51.5 Å². The SMILES string of the molecule is CCCC(C(=O)N1CCC2(CCC(=O)NC2)CC1)n1cccc1. The first-order valence-electron chi connectivity index (χ1n) is 8.81. The van der Waals surface area contributed by atoms with Crippen molar-refractivity contribution in [3.63, 3.8) is 0 Å². The summed E-state index contributed by atoms with van der Waals surface area (Å²) >= 11 is 0.